The quantitative estimate of drug-likeness (QED) is 0.697. The highest BCUT2D eigenvalue weighted by molar-refractivity contribution is 5.49. The van der Waals surface area contributed by atoms with E-state index in [1.54, 1.807) is 0 Å². The molecule has 0 spiro atoms. The van der Waals surface area contributed by atoms with Crippen LogP contribution in [0.1, 0.15) is 12.0 Å². The Morgan fingerprint density at radius 2 is 1.93 bits per heavy atom. The molecule has 1 aliphatic rings. The second-order valence-electron chi connectivity index (χ2n) is 3.87. The predicted octanol–water partition coefficient (Wildman–Crippen LogP) is 1.33. The van der Waals surface area contributed by atoms with Crippen molar-refractivity contribution in [2.45, 2.75) is 17.8 Å². The summed E-state index contributed by atoms with van der Waals surface area (Å²) in [7, 11) is 0. The van der Waals surface area contributed by atoms with E-state index in [2.05, 4.69) is 0 Å². The summed E-state index contributed by atoms with van der Waals surface area (Å²) in [4.78, 5) is 0. The normalized spacial score (nSPS) is 27.7. The van der Waals surface area contributed by atoms with Crippen molar-refractivity contribution < 1.29 is 19.0 Å². The lowest BCUT2D eigenvalue weighted by molar-refractivity contribution is 0.0889. The van der Waals surface area contributed by atoms with Crippen molar-refractivity contribution >= 4 is 0 Å². The van der Waals surface area contributed by atoms with E-state index < -0.39 is 11.3 Å². The zero-order chi connectivity index (χ0) is 11.3. The minimum absolute atomic E-state index is 0.104. The molecule has 0 saturated heterocycles. The van der Waals surface area contributed by atoms with Crippen LogP contribution in [0.2, 0.25) is 0 Å². The van der Waals surface area contributed by atoms with Crippen LogP contribution in [0.5, 0.6) is 11.5 Å². The van der Waals surface area contributed by atoms with E-state index in [4.69, 9.17) is 10.8 Å². The van der Waals surface area contributed by atoms with Crippen LogP contribution < -0.4 is 5.73 Å². The molecule has 0 aliphatic heterocycles. The number of phenolic OH excluding ortho intramolecular Hbond substituents is 2. The van der Waals surface area contributed by atoms with Crippen molar-refractivity contribution in [3.8, 4) is 11.5 Å². The Balaban J connectivity index is 2.46. The fourth-order valence-electron chi connectivity index (χ4n) is 1.88. The van der Waals surface area contributed by atoms with Crippen LogP contribution in [0, 0.1) is 0 Å². The van der Waals surface area contributed by atoms with Crippen molar-refractivity contribution in [1.29, 1.82) is 0 Å². The van der Waals surface area contributed by atoms with Gasteiger partial charge in [-0.2, -0.15) is 0 Å². The van der Waals surface area contributed by atoms with Crippen molar-refractivity contribution in [1.82, 2.24) is 0 Å². The van der Waals surface area contributed by atoms with E-state index in [1.165, 1.54) is 12.1 Å². The lowest BCUT2D eigenvalue weighted by Crippen LogP contribution is -2.26. The monoisotopic (exact) mass is 215 g/mol. The highest BCUT2D eigenvalue weighted by atomic mass is 19.3. The highest BCUT2D eigenvalue weighted by Gasteiger charge is 2.71. The van der Waals surface area contributed by atoms with Gasteiger partial charge in [-0.05, 0) is 6.07 Å². The van der Waals surface area contributed by atoms with E-state index in [0.717, 1.165) is 6.07 Å². The maximum absolute atomic E-state index is 13.2. The SMILES string of the molecule is NCC1(c2ccc(O)cc2O)CC1(F)F. The van der Waals surface area contributed by atoms with Crippen LogP contribution in [0.15, 0.2) is 18.2 Å². The fourth-order valence-corrected chi connectivity index (χ4v) is 1.88. The van der Waals surface area contributed by atoms with Gasteiger partial charge in [-0.25, -0.2) is 8.78 Å². The molecule has 1 aromatic rings. The second-order valence-corrected chi connectivity index (χ2v) is 3.87. The molecule has 1 fully saturated rings. The van der Waals surface area contributed by atoms with Gasteiger partial charge in [0.2, 0.25) is 0 Å². The molecule has 4 N–H and O–H groups in total. The zero-order valence-electron chi connectivity index (χ0n) is 7.87. The summed E-state index contributed by atoms with van der Waals surface area (Å²) >= 11 is 0. The van der Waals surface area contributed by atoms with E-state index in [1.807, 2.05) is 0 Å². The fraction of sp³-hybridized carbons (Fsp3) is 0.400. The number of halogens is 2. The molecule has 0 heterocycles. The van der Waals surface area contributed by atoms with Crippen LogP contribution >= 0.6 is 0 Å². The summed E-state index contributed by atoms with van der Waals surface area (Å²) < 4.78 is 26.3. The molecule has 0 bridgehead atoms. The first-order chi connectivity index (χ1) is 6.93. The largest absolute Gasteiger partial charge is 0.508 e. The molecular formula is C10H11F2NO2. The number of nitrogens with two attached hydrogens (primary N) is 1. The lowest BCUT2D eigenvalue weighted by atomic mass is 9.94. The standard InChI is InChI=1S/C10H11F2NO2/c11-10(12)4-9(10,5-13)7-2-1-6(14)3-8(7)15/h1-3,14-15H,4-5,13H2. The van der Waals surface area contributed by atoms with E-state index in [-0.39, 0.29) is 30.0 Å². The molecule has 1 aliphatic carbocycles. The third-order valence-electron chi connectivity index (χ3n) is 2.94. The molecule has 5 heteroatoms. The smallest absolute Gasteiger partial charge is 0.260 e. The second kappa shape index (κ2) is 2.82. The summed E-state index contributed by atoms with van der Waals surface area (Å²) in [6.07, 6.45) is -0.352. The molecule has 82 valence electrons. The number of hydrogen-bond donors (Lipinski definition) is 3. The first-order valence-corrected chi connectivity index (χ1v) is 4.53. The van der Waals surface area contributed by atoms with Gasteiger partial charge >= 0.3 is 0 Å². The Hall–Kier alpha value is -1.36. The third kappa shape index (κ3) is 1.26. The Labute approximate surface area is 85.1 Å². The number of benzene rings is 1. The maximum Gasteiger partial charge on any atom is 0.260 e. The summed E-state index contributed by atoms with van der Waals surface area (Å²) in [6, 6.07) is 3.60. The minimum atomic E-state index is -2.86. The highest BCUT2D eigenvalue weighted by Crippen LogP contribution is 2.62. The van der Waals surface area contributed by atoms with Gasteiger partial charge in [0, 0.05) is 24.6 Å². The molecule has 1 aromatic carbocycles. The predicted molar refractivity (Wildman–Crippen MR) is 50.1 cm³/mol. The molecule has 1 atom stereocenters. The van der Waals surface area contributed by atoms with Crippen molar-refractivity contribution in [2.75, 3.05) is 6.54 Å². The Bertz CT molecular complexity index is 408. The third-order valence-corrected chi connectivity index (χ3v) is 2.94. The zero-order valence-corrected chi connectivity index (χ0v) is 7.87. The van der Waals surface area contributed by atoms with Crippen molar-refractivity contribution in [2.24, 2.45) is 5.73 Å². The van der Waals surface area contributed by atoms with Gasteiger partial charge < -0.3 is 15.9 Å². The van der Waals surface area contributed by atoms with Gasteiger partial charge in [0.15, 0.2) is 0 Å². The van der Waals surface area contributed by atoms with Crippen LogP contribution in [0.3, 0.4) is 0 Å². The average Bonchev–Trinajstić information content (AvgIpc) is 2.69. The molecule has 1 saturated carbocycles. The Morgan fingerprint density at radius 3 is 2.33 bits per heavy atom. The van der Waals surface area contributed by atoms with Gasteiger partial charge in [0.25, 0.3) is 5.92 Å². The van der Waals surface area contributed by atoms with Gasteiger partial charge in [0.1, 0.15) is 11.5 Å². The molecule has 0 amide bonds. The summed E-state index contributed by atoms with van der Waals surface area (Å²) in [5, 5.41) is 18.5. The molecule has 15 heavy (non-hydrogen) atoms. The van der Waals surface area contributed by atoms with Gasteiger partial charge in [-0.15, -0.1) is 0 Å². The van der Waals surface area contributed by atoms with Crippen LogP contribution in [-0.2, 0) is 5.41 Å². The first kappa shape index (κ1) is 10.2. The van der Waals surface area contributed by atoms with Crippen molar-refractivity contribution in [3.05, 3.63) is 23.8 Å². The Kier molecular flexibility index (Phi) is 1.91. The van der Waals surface area contributed by atoms with Crippen LogP contribution in [0.4, 0.5) is 8.78 Å². The minimum Gasteiger partial charge on any atom is -0.508 e. The number of hydrogen-bond acceptors (Lipinski definition) is 3. The first-order valence-electron chi connectivity index (χ1n) is 4.53. The van der Waals surface area contributed by atoms with E-state index in [0.29, 0.717) is 0 Å². The van der Waals surface area contributed by atoms with Crippen LogP contribution in [-0.4, -0.2) is 22.7 Å². The van der Waals surface area contributed by atoms with Gasteiger partial charge in [-0.1, -0.05) is 6.07 Å². The average molecular weight is 215 g/mol. The van der Waals surface area contributed by atoms with Crippen molar-refractivity contribution in [3.63, 3.8) is 0 Å². The van der Waals surface area contributed by atoms with Gasteiger partial charge in [-0.3, -0.25) is 0 Å². The molecule has 0 radical (unpaired) electrons. The topological polar surface area (TPSA) is 66.5 Å². The summed E-state index contributed by atoms with van der Waals surface area (Å²) in [6.45, 7) is -0.224. The molecule has 2 rings (SSSR count). The number of phenols is 2. The summed E-state index contributed by atoms with van der Waals surface area (Å²) in [5.74, 6) is -3.36. The Morgan fingerprint density at radius 1 is 1.33 bits per heavy atom. The molecule has 1 unspecified atom stereocenters. The molecule has 3 nitrogen and oxygen atoms in total. The number of aromatic hydroxyl groups is 2. The number of alkyl halides is 2. The lowest BCUT2D eigenvalue weighted by Gasteiger charge is -2.15. The van der Waals surface area contributed by atoms with E-state index in [9.17, 15) is 13.9 Å². The van der Waals surface area contributed by atoms with Crippen LogP contribution in [0.25, 0.3) is 0 Å². The molecule has 0 aromatic heterocycles. The molecular weight excluding hydrogens is 204 g/mol. The maximum atomic E-state index is 13.2. The van der Waals surface area contributed by atoms with Gasteiger partial charge in [0.05, 0.1) is 5.41 Å². The summed E-state index contributed by atoms with van der Waals surface area (Å²) in [5.41, 5.74) is 3.98. The number of rotatable bonds is 2. The van der Waals surface area contributed by atoms with E-state index >= 15 is 0 Å².